The lowest BCUT2D eigenvalue weighted by molar-refractivity contribution is 0.286. The average molecular weight is 233 g/mol. The molecule has 0 amide bonds. The van der Waals surface area contributed by atoms with Crippen molar-refractivity contribution < 1.29 is 9.26 Å². The zero-order chi connectivity index (χ0) is 12.1. The molecule has 1 aromatic heterocycles. The molecule has 0 saturated heterocycles. The largest absolute Gasteiger partial charge is 0.485 e. The molecule has 0 bridgehead atoms. The van der Waals surface area contributed by atoms with E-state index < -0.39 is 0 Å². The Hall–Kier alpha value is -1.88. The lowest BCUT2D eigenvalue weighted by Crippen LogP contribution is -2.08. The summed E-state index contributed by atoms with van der Waals surface area (Å²) in [5, 5.41) is 3.66. The Morgan fingerprint density at radius 2 is 2.12 bits per heavy atom. The topological polar surface area (TPSA) is 74.2 Å². The first kappa shape index (κ1) is 11.6. The van der Waals surface area contributed by atoms with Gasteiger partial charge in [0.05, 0.1) is 0 Å². The summed E-state index contributed by atoms with van der Waals surface area (Å²) in [6.07, 6.45) is 2.20. The minimum Gasteiger partial charge on any atom is -0.485 e. The fourth-order valence-corrected chi connectivity index (χ4v) is 1.45. The highest BCUT2D eigenvalue weighted by Crippen LogP contribution is 2.18. The number of hydrogen-bond donors (Lipinski definition) is 1. The third-order valence-electron chi connectivity index (χ3n) is 2.52. The molecule has 1 atom stereocenters. The van der Waals surface area contributed by atoms with E-state index >= 15 is 0 Å². The van der Waals surface area contributed by atoms with Crippen molar-refractivity contribution in [1.82, 2.24) is 10.1 Å². The zero-order valence-electron chi connectivity index (χ0n) is 9.67. The van der Waals surface area contributed by atoms with Crippen molar-refractivity contribution in [2.75, 3.05) is 0 Å². The first-order valence-electron chi connectivity index (χ1n) is 5.53. The van der Waals surface area contributed by atoms with Crippen LogP contribution in [0, 0.1) is 0 Å². The van der Waals surface area contributed by atoms with Gasteiger partial charge in [-0.1, -0.05) is 24.2 Å². The normalized spacial score (nSPS) is 12.4. The lowest BCUT2D eigenvalue weighted by atomic mass is 10.1. The van der Waals surface area contributed by atoms with E-state index in [0.717, 1.165) is 17.7 Å². The van der Waals surface area contributed by atoms with Gasteiger partial charge in [0.1, 0.15) is 5.75 Å². The van der Waals surface area contributed by atoms with Gasteiger partial charge >= 0.3 is 0 Å². The van der Waals surface area contributed by atoms with E-state index in [4.69, 9.17) is 10.5 Å². The number of nitrogens with two attached hydrogens (primary N) is 1. The Balaban J connectivity index is 1.94. The van der Waals surface area contributed by atoms with Gasteiger partial charge in [0.2, 0.25) is 12.2 Å². The summed E-state index contributed by atoms with van der Waals surface area (Å²) in [7, 11) is 0. The van der Waals surface area contributed by atoms with E-state index in [1.165, 1.54) is 6.39 Å². The van der Waals surface area contributed by atoms with Crippen molar-refractivity contribution in [2.24, 2.45) is 5.73 Å². The summed E-state index contributed by atoms with van der Waals surface area (Å²) < 4.78 is 10.1. The van der Waals surface area contributed by atoms with Crippen LogP contribution in [-0.2, 0) is 6.61 Å². The molecule has 5 nitrogen and oxygen atoms in total. The van der Waals surface area contributed by atoms with Crippen LogP contribution in [0.25, 0.3) is 0 Å². The Morgan fingerprint density at radius 1 is 1.35 bits per heavy atom. The molecule has 0 aliphatic rings. The molecule has 2 aromatic rings. The van der Waals surface area contributed by atoms with Crippen molar-refractivity contribution in [2.45, 2.75) is 26.0 Å². The summed E-state index contributed by atoms with van der Waals surface area (Å²) in [4.78, 5) is 3.87. The van der Waals surface area contributed by atoms with Gasteiger partial charge in [0.25, 0.3) is 0 Å². The summed E-state index contributed by atoms with van der Waals surface area (Å²) in [6.45, 7) is 2.36. The molecule has 2 N–H and O–H groups in total. The molecule has 0 unspecified atom stereocenters. The second-order valence-corrected chi connectivity index (χ2v) is 3.72. The van der Waals surface area contributed by atoms with Crippen LogP contribution in [0.4, 0.5) is 0 Å². The maximum atomic E-state index is 5.92. The highest BCUT2D eigenvalue weighted by molar-refractivity contribution is 5.28. The molecule has 1 aromatic carbocycles. The predicted molar refractivity (Wildman–Crippen MR) is 62.3 cm³/mol. The maximum Gasteiger partial charge on any atom is 0.213 e. The quantitative estimate of drug-likeness (QED) is 0.855. The Kier molecular flexibility index (Phi) is 3.72. The molecule has 2 rings (SSSR count). The molecular formula is C12H15N3O2. The Labute approximate surface area is 99.6 Å². The smallest absolute Gasteiger partial charge is 0.213 e. The number of ether oxygens (including phenoxy) is 1. The first-order chi connectivity index (χ1) is 8.29. The third-order valence-corrected chi connectivity index (χ3v) is 2.52. The zero-order valence-corrected chi connectivity index (χ0v) is 9.67. The van der Waals surface area contributed by atoms with Gasteiger partial charge in [0, 0.05) is 6.04 Å². The van der Waals surface area contributed by atoms with Gasteiger partial charge in [-0.3, -0.25) is 0 Å². The van der Waals surface area contributed by atoms with Crippen molar-refractivity contribution in [3.63, 3.8) is 0 Å². The molecule has 90 valence electrons. The number of hydrogen-bond acceptors (Lipinski definition) is 5. The van der Waals surface area contributed by atoms with Crippen molar-refractivity contribution in [3.8, 4) is 5.75 Å². The van der Waals surface area contributed by atoms with E-state index in [1.54, 1.807) is 0 Å². The van der Waals surface area contributed by atoms with Crippen molar-refractivity contribution in [3.05, 3.63) is 42.0 Å². The molecule has 0 aliphatic heterocycles. The Morgan fingerprint density at radius 3 is 2.71 bits per heavy atom. The second kappa shape index (κ2) is 5.45. The monoisotopic (exact) mass is 233 g/mol. The number of aromatic nitrogens is 2. The molecule has 0 spiro atoms. The van der Waals surface area contributed by atoms with E-state index in [0.29, 0.717) is 12.4 Å². The number of rotatable bonds is 5. The van der Waals surface area contributed by atoms with Gasteiger partial charge in [-0.25, -0.2) is 0 Å². The van der Waals surface area contributed by atoms with E-state index in [-0.39, 0.29) is 6.04 Å². The molecular weight excluding hydrogens is 218 g/mol. The molecule has 17 heavy (non-hydrogen) atoms. The van der Waals surface area contributed by atoms with Crippen LogP contribution in [-0.4, -0.2) is 10.1 Å². The van der Waals surface area contributed by atoms with Crippen LogP contribution in [0.5, 0.6) is 5.75 Å². The van der Waals surface area contributed by atoms with Gasteiger partial charge in [-0.15, -0.1) is 0 Å². The third kappa shape index (κ3) is 3.04. The van der Waals surface area contributed by atoms with E-state index in [9.17, 15) is 0 Å². The summed E-state index contributed by atoms with van der Waals surface area (Å²) in [5.74, 6) is 1.29. The average Bonchev–Trinajstić information content (AvgIpc) is 2.89. The molecule has 1 heterocycles. The van der Waals surface area contributed by atoms with Crippen molar-refractivity contribution >= 4 is 0 Å². The highest BCUT2D eigenvalue weighted by atomic mass is 16.5. The van der Waals surface area contributed by atoms with Crippen LogP contribution in [0.2, 0.25) is 0 Å². The fraction of sp³-hybridized carbons (Fsp3) is 0.333. The molecule has 0 fully saturated rings. The molecule has 0 saturated carbocycles. The Bertz CT molecular complexity index is 439. The maximum absolute atomic E-state index is 5.92. The van der Waals surface area contributed by atoms with Gasteiger partial charge < -0.3 is 15.0 Å². The van der Waals surface area contributed by atoms with Crippen LogP contribution in [0.15, 0.2) is 35.2 Å². The van der Waals surface area contributed by atoms with Gasteiger partial charge in [-0.05, 0) is 24.1 Å². The number of benzene rings is 1. The second-order valence-electron chi connectivity index (χ2n) is 3.72. The molecule has 0 aliphatic carbocycles. The summed E-state index contributed by atoms with van der Waals surface area (Å²) >= 11 is 0. The fourth-order valence-electron chi connectivity index (χ4n) is 1.45. The minimum atomic E-state index is 0.0845. The molecule has 5 heteroatoms. The van der Waals surface area contributed by atoms with Crippen LogP contribution >= 0.6 is 0 Å². The van der Waals surface area contributed by atoms with Gasteiger partial charge in [-0.2, -0.15) is 4.98 Å². The van der Waals surface area contributed by atoms with Gasteiger partial charge in [0.15, 0.2) is 6.61 Å². The summed E-state index contributed by atoms with van der Waals surface area (Å²) in [5.41, 5.74) is 7.03. The van der Waals surface area contributed by atoms with E-state index in [1.807, 2.05) is 24.3 Å². The molecule has 0 radical (unpaired) electrons. The first-order valence-corrected chi connectivity index (χ1v) is 5.53. The van der Waals surface area contributed by atoms with E-state index in [2.05, 4.69) is 21.6 Å². The standard InChI is InChI=1S/C12H15N3O2/c1-2-11(13)9-3-5-10(6-4-9)16-7-12-14-8-17-15-12/h3-6,8,11H,2,7,13H2,1H3/t11-/m0/s1. The number of nitrogens with zero attached hydrogens (tertiary/aromatic N) is 2. The SMILES string of the molecule is CC[C@H](N)c1ccc(OCc2ncon2)cc1. The highest BCUT2D eigenvalue weighted by Gasteiger charge is 2.04. The van der Waals surface area contributed by atoms with Crippen LogP contribution < -0.4 is 10.5 Å². The van der Waals surface area contributed by atoms with Crippen LogP contribution in [0.3, 0.4) is 0 Å². The summed E-state index contributed by atoms with van der Waals surface area (Å²) in [6, 6.07) is 7.82. The lowest BCUT2D eigenvalue weighted by Gasteiger charge is -2.10. The minimum absolute atomic E-state index is 0.0845. The predicted octanol–water partition coefficient (Wildman–Crippen LogP) is 2.06. The van der Waals surface area contributed by atoms with Crippen molar-refractivity contribution in [1.29, 1.82) is 0 Å². The van der Waals surface area contributed by atoms with Crippen LogP contribution in [0.1, 0.15) is 30.8 Å².